The summed E-state index contributed by atoms with van der Waals surface area (Å²) in [5.41, 5.74) is 1.14. The van der Waals surface area contributed by atoms with Crippen LogP contribution in [0.25, 0.3) is 0 Å². The molecule has 6 nitrogen and oxygen atoms in total. The number of rotatable bonds is 5. The van der Waals surface area contributed by atoms with Crippen LogP contribution in [-0.2, 0) is 14.3 Å². The van der Waals surface area contributed by atoms with E-state index in [1.807, 2.05) is 26.0 Å². The number of esters is 1. The molecule has 0 aromatic carbocycles. The zero-order chi connectivity index (χ0) is 19.2. The zero-order valence-electron chi connectivity index (χ0n) is 15.2. The topological polar surface area (TPSA) is 92.7 Å². The molecule has 140 valence electrons. The number of aliphatic carboxylic acids is 1. The molecule has 4 atom stereocenters. The third-order valence-electron chi connectivity index (χ3n) is 5.22. The van der Waals surface area contributed by atoms with Gasteiger partial charge in [0.2, 0.25) is 5.91 Å². The van der Waals surface area contributed by atoms with E-state index in [0.29, 0.717) is 17.0 Å². The summed E-state index contributed by atoms with van der Waals surface area (Å²) in [6.45, 7) is 7.23. The van der Waals surface area contributed by atoms with Crippen LogP contribution >= 0.6 is 11.3 Å². The van der Waals surface area contributed by atoms with Crippen molar-refractivity contribution >= 4 is 34.2 Å². The second-order valence-electron chi connectivity index (χ2n) is 7.27. The molecule has 1 heterocycles. The number of anilines is 1. The van der Waals surface area contributed by atoms with Crippen LogP contribution in [0, 0.1) is 37.5 Å². The van der Waals surface area contributed by atoms with Crippen molar-refractivity contribution in [3.05, 3.63) is 28.2 Å². The monoisotopic (exact) mass is 377 g/mol. The lowest BCUT2D eigenvalue weighted by molar-refractivity contribution is -0.146. The molecule has 2 bridgehead atoms. The predicted molar refractivity (Wildman–Crippen MR) is 98.3 cm³/mol. The van der Waals surface area contributed by atoms with Crippen LogP contribution in [0.15, 0.2) is 12.2 Å². The Morgan fingerprint density at radius 1 is 1.19 bits per heavy atom. The molecule has 26 heavy (non-hydrogen) atoms. The summed E-state index contributed by atoms with van der Waals surface area (Å²) in [6, 6.07) is 0. The molecule has 2 aliphatic carbocycles. The smallest absolute Gasteiger partial charge is 0.341 e. The normalized spacial score (nSPS) is 26.3. The first kappa shape index (κ1) is 18.6. The van der Waals surface area contributed by atoms with Crippen molar-refractivity contribution in [2.45, 2.75) is 40.2 Å². The molecule has 2 aliphatic rings. The van der Waals surface area contributed by atoms with Gasteiger partial charge in [0.05, 0.1) is 23.5 Å². The molecule has 0 aliphatic heterocycles. The largest absolute Gasteiger partial charge is 0.481 e. The highest BCUT2D eigenvalue weighted by atomic mass is 32.1. The second kappa shape index (κ2) is 6.87. The van der Waals surface area contributed by atoms with Gasteiger partial charge in [0.1, 0.15) is 5.00 Å². The number of aryl methyl sites for hydroxylation is 1. The first-order valence-electron chi connectivity index (χ1n) is 8.73. The van der Waals surface area contributed by atoms with E-state index < -0.39 is 23.8 Å². The number of carboxylic acid groups (broad SMARTS) is 1. The highest BCUT2D eigenvalue weighted by Crippen LogP contribution is 2.48. The number of ether oxygens (including phenoxy) is 1. The van der Waals surface area contributed by atoms with Crippen LogP contribution in [0.2, 0.25) is 0 Å². The maximum atomic E-state index is 12.9. The highest BCUT2D eigenvalue weighted by molar-refractivity contribution is 7.16. The molecule has 3 rings (SSSR count). The summed E-state index contributed by atoms with van der Waals surface area (Å²) in [6.07, 6.45) is 4.27. The Balaban J connectivity index is 1.86. The lowest BCUT2D eigenvalue weighted by Crippen LogP contribution is -2.36. The summed E-state index contributed by atoms with van der Waals surface area (Å²) < 4.78 is 5.30. The van der Waals surface area contributed by atoms with Crippen molar-refractivity contribution in [3.63, 3.8) is 0 Å². The zero-order valence-corrected chi connectivity index (χ0v) is 16.1. The summed E-state index contributed by atoms with van der Waals surface area (Å²) in [5, 5.41) is 12.8. The Kier molecular flexibility index (Phi) is 4.92. The van der Waals surface area contributed by atoms with Gasteiger partial charge in [0.15, 0.2) is 0 Å². The van der Waals surface area contributed by atoms with E-state index in [-0.39, 0.29) is 23.8 Å². The van der Waals surface area contributed by atoms with Crippen LogP contribution in [-0.4, -0.2) is 29.1 Å². The second-order valence-corrected chi connectivity index (χ2v) is 8.49. The van der Waals surface area contributed by atoms with Crippen molar-refractivity contribution in [2.75, 3.05) is 5.32 Å². The minimum atomic E-state index is -0.944. The van der Waals surface area contributed by atoms with Crippen LogP contribution < -0.4 is 5.32 Å². The van der Waals surface area contributed by atoms with E-state index in [1.165, 1.54) is 11.3 Å². The summed E-state index contributed by atoms with van der Waals surface area (Å²) in [7, 11) is 0. The average molecular weight is 377 g/mol. The number of fused-ring (bicyclic) bond motifs is 2. The molecular weight excluding hydrogens is 354 g/mol. The van der Waals surface area contributed by atoms with Gasteiger partial charge < -0.3 is 15.2 Å². The molecule has 1 amide bonds. The van der Waals surface area contributed by atoms with Gasteiger partial charge in [-0.15, -0.1) is 11.3 Å². The van der Waals surface area contributed by atoms with Gasteiger partial charge in [-0.1, -0.05) is 12.2 Å². The Hall–Kier alpha value is -2.15. The van der Waals surface area contributed by atoms with Gasteiger partial charge in [-0.05, 0) is 51.5 Å². The lowest BCUT2D eigenvalue weighted by Gasteiger charge is -2.23. The van der Waals surface area contributed by atoms with Gasteiger partial charge in [-0.2, -0.15) is 0 Å². The van der Waals surface area contributed by atoms with Crippen molar-refractivity contribution < 1.29 is 24.2 Å². The molecule has 0 saturated heterocycles. The fraction of sp³-hybridized carbons (Fsp3) is 0.526. The first-order chi connectivity index (χ1) is 12.2. The van der Waals surface area contributed by atoms with E-state index in [1.54, 1.807) is 13.8 Å². The number of thiophene rings is 1. The number of carboxylic acids is 1. The summed E-state index contributed by atoms with van der Waals surface area (Å²) in [4.78, 5) is 37.9. The van der Waals surface area contributed by atoms with Crippen LogP contribution in [0.1, 0.15) is 41.1 Å². The number of hydrogen-bond donors (Lipinski definition) is 2. The molecule has 1 aromatic rings. The highest BCUT2D eigenvalue weighted by Gasteiger charge is 2.51. The third kappa shape index (κ3) is 3.16. The quantitative estimate of drug-likeness (QED) is 0.606. The van der Waals surface area contributed by atoms with E-state index in [2.05, 4.69) is 5.32 Å². The molecule has 1 saturated carbocycles. The van der Waals surface area contributed by atoms with E-state index in [9.17, 15) is 19.5 Å². The summed E-state index contributed by atoms with van der Waals surface area (Å²) in [5.74, 6) is -3.23. The number of carbonyl (C=O) groups excluding carboxylic acids is 2. The minimum Gasteiger partial charge on any atom is -0.481 e. The van der Waals surface area contributed by atoms with Crippen LogP contribution in [0.5, 0.6) is 0 Å². The standard InChI is InChI=1S/C19H23NO5S/c1-8(2)25-19(24)13-9(3)10(4)26-17(13)20-16(21)14-11-5-6-12(7-11)15(14)18(22)23/h5-6,8,11-12,14-15H,7H2,1-4H3,(H,20,21)(H,22,23)/t11-,12-,14+,15+/m1/s1. The fourth-order valence-corrected chi connectivity index (χ4v) is 5.00. The molecule has 0 radical (unpaired) electrons. The van der Waals surface area contributed by atoms with Gasteiger partial charge in [0, 0.05) is 4.88 Å². The minimum absolute atomic E-state index is 0.0608. The molecule has 7 heteroatoms. The predicted octanol–water partition coefficient (Wildman–Crippen LogP) is 3.39. The number of amides is 1. The van der Waals surface area contributed by atoms with Crippen molar-refractivity contribution in [1.29, 1.82) is 0 Å². The molecule has 2 N–H and O–H groups in total. The van der Waals surface area contributed by atoms with Gasteiger partial charge in [-0.3, -0.25) is 9.59 Å². The number of carbonyl (C=O) groups is 3. The van der Waals surface area contributed by atoms with Gasteiger partial charge in [-0.25, -0.2) is 4.79 Å². The maximum Gasteiger partial charge on any atom is 0.341 e. The molecule has 1 aromatic heterocycles. The third-order valence-corrected chi connectivity index (χ3v) is 6.34. The number of nitrogens with one attached hydrogen (secondary N) is 1. The Morgan fingerprint density at radius 3 is 2.38 bits per heavy atom. The SMILES string of the molecule is Cc1sc(NC(=O)[C@@H]2[C@@H](C(=O)O)[C@@H]3C=C[C@@H]2C3)c(C(=O)OC(C)C)c1C. The van der Waals surface area contributed by atoms with Crippen LogP contribution in [0.3, 0.4) is 0 Å². The molecule has 1 fully saturated rings. The fourth-order valence-electron chi connectivity index (χ4n) is 3.95. The van der Waals surface area contributed by atoms with Gasteiger partial charge >= 0.3 is 11.9 Å². The van der Waals surface area contributed by atoms with E-state index >= 15 is 0 Å². The van der Waals surface area contributed by atoms with Gasteiger partial charge in [0.25, 0.3) is 0 Å². The number of allylic oxidation sites excluding steroid dienone is 2. The Labute approximate surface area is 156 Å². The van der Waals surface area contributed by atoms with E-state index in [4.69, 9.17) is 4.74 Å². The van der Waals surface area contributed by atoms with Crippen molar-refractivity contribution in [3.8, 4) is 0 Å². The molecule has 0 spiro atoms. The first-order valence-corrected chi connectivity index (χ1v) is 9.55. The lowest BCUT2D eigenvalue weighted by atomic mass is 9.82. The maximum absolute atomic E-state index is 12.9. The molecular formula is C19H23NO5S. The molecule has 0 unspecified atom stereocenters. The van der Waals surface area contributed by atoms with Crippen LogP contribution in [0.4, 0.5) is 5.00 Å². The average Bonchev–Trinajstić information content (AvgIpc) is 3.20. The van der Waals surface area contributed by atoms with E-state index in [0.717, 1.165) is 10.4 Å². The number of hydrogen-bond acceptors (Lipinski definition) is 5. The Morgan fingerprint density at radius 2 is 1.81 bits per heavy atom. The van der Waals surface area contributed by atoms with Crippen molar-refractivity contribution in [1.82, 2.24) is 0 Å². The Bertz CT molecular complexity index is 794. The summed E-state index contributed by atoms with van der Waals surface area (Å²) >= 11 is 1.31. The van der Waals surface area contributed by atoms with Crippen molar-refractivity contribution in [2.24, 2.45) is 23.7 Å².